The number of nitrogens with zero attached hydrogens (tertiary/aromatic N) is 2. The van der Waals surface area contributed by atoms with E-state index in [4.69, 9.17) is 26.8 Å². The number of methoxy groups -OCH3 is 2. The number of halogens is 1. The lowest BCUT2D eigenvalue weighted by molar-refractivity contribution is 0.399. The van der Waals surface area contributed by atoms with Gasteiger partial charge in [0.25, 0.3) is 0 Å². The topological polar surface area (TPSA) is 82.3 Å². The van der Waals surface area contributed by atoms with Crippen LogP contribution in [-0.4, -0.2) is 24.2 Å². The summed E-state index contributed by atoms with van der Waals surface area (Å²) in [6, 6.07) is 3.59. The van der Waals surface area contributed by atoms with E-state index in [1.807, 2.05) is 13.0 Å². The van der Waals surface area contributed by atoms with Crippen LogP contribution in [0.1, 0.15) is 5.56 Å². The average molecular weight is 295 g/mol. The zero-order valence-corrected chi connectivity index (χ0v) is 12.2. The van der Waals surface area contributed by atoms with Gasteiger partial charge in [-0.25, -0.2) is 4.98 Å². The molecular weight excluding hydrogens is 280 g/mol. The van der Waals surface area contributed by atoms with Gasteiger partial charge >= 0.3 is 0 Å². The Morgan fingerprint density at radius 3 is 2.60 bits per heavy atom. The van der Waals surface area contributed by atoms with E-state index < -0.39 is 0 Å². The highest BCUT2D eigenvalue weighted by molar-refractivity contribution is 6.31. The van der Waals surface area contributed by atoms with Crippen molar-refractivity contribution >= 4 is 28.8 Å². The van der Waals surface area contributed by atoms with Gasteiger partial charge in [0.2, 0.25) is 5.88 Å². The summed E-state index contributed by atoms with van der Waals surface area (Å²) in [4.78, 5) is 8.02. The van der Waals surface area contributed by atoms with E-state index in [1.54, 1.807) is 13.2 Å². The molecule has 2 aromatic rings. The van der Waals surface area contributed by atoms with Crippen molar-refractivity contribution in [1.82, 2.24) is 9.97 Å². The molecule has 0 radical (unpaired) electrons. The van der Waals surface area contributed by atoms with Gasteiger partial charge in [0.15, 0.2) is 5.82 Å². The lowest BCUT2D eigenvalue weighted by atomic mass is 10.2. The molecule has 3 N–H and O–H groups in total. The Morgan fingerprint density at radius 2 is 1.95 bits per heavy atom. The van der Waals surface area contributed by atoms with E-state index in [-0.39, 0.29) is 0 Å². The van der Waals surface area contributed by atoms with Gasteiger partial charge in [-0.05, 0) is 18.6 Å². The second-order valence-corrected chi connectivity index (χ2v) is 4.48. The standard InChI is InChI=1S/C13H15ClN4O2/c1-7-4-9(10(19-2)5-8(7)14)18-12-11(15)13(20-3)17-6-16-12/h4-6H,15H2,1-3H3,(H,16,17,18). The van der Waals surface area contributed by atoms with Crippen LogP contribution in [0.3, 0.4) is 0 Å². The zero-order chi connectivity index (χ0) is 14.7. The number of aryl methyl sites for hydroxylation is 1. The maximum atomic E-state index is 6.07. The van der Waals surface area contributed by atoms with E-state index in [2.05, 4.69) is 15.3 Å². The first kappa shape index (κ1) is 14.2. The molecule has 0 unspecified atom stereocenters. The largest absolute Gasteiger partial charge is 0.495 e. The maximum absolute atomic E-state index is 6.07. The lowest BCUT2D eigenvalue weighted by Crippen LogP contribution is -2.04. The van der Waals surface area contributed by atoms with Gasteiger partial charge in [0, 0.05) is 11.1 Å². The molecule has 0 saturated heterocycles. The predicted octanol–water partition coefficient (Wildman–Crippen LogP) is 2.78. The number of aromatic nitrogens is 2. The fraction of sp³-hybridized carbons (Fsp3) is 0.231. The monoisotopic (exact) mass is 294 g/mol. The predicted molar refractivity (Wildman–Crippen MR) is 79.0 cm³/mol. The van der Waals surface area contributed by atoms with Gasteiger partial charge in [-0.15, -0.1) is 0 Å². The van der Waals surface area contributed by atoms with Crippen molar-refractivity contribution in [1.29, 1.82) is 0 Å². The molecule has 0 amide bonds. The zero-order valence-electron chi connectivity index (χ0n) is 11.4. The Hall–Kier alpha value is -2.21. The summed E-state index contributed by atoms with van der Waals surface area (Å²) in [6.07, 6.45) is 1.37. The minimum Gasteiger partial charge on any atom is -0.495 e. The molecule has 7 heteroatoms. The highest BCUT2D eigenvalue weighted by Crippen LogP contribution is 2.35. The molecule has 0 atom stereocenters. The molecular formula is C13H15ClN4O2. The molecule has 0 fully saturated rings. The van der Waals surface area contributed by atoms with Crippen molar-refractivity contribution in [2.45, 2.75) is 6.92 Å². The third-order valence-corrected chi connectivity index (χ3v) is 3.18. The number of hydrogen-bond donors (Lipinski definition) is 2. The SMILES string of the molecule is COc1cc(Cl)c(C)cc1Nc1ncnc(OC)c1N. The number of rotatable bonds is 4. The van der Waals surface area contributed by atoms with E-state index in [0.29, 0.717) is 33.8 Å². The molecule has 0 spiro atoms. The number of nitrogens with two attached hydrogens (primary N) is 1. The molecule has 0 saturated carbocycles. The first-order chi connectivity index (χ1) is 9.56. The van der Waals surface area contributed by atoms with Crippen LogP contribution < -0.4 is 20.5 Å². The summed E-state index contributed by atoms with van der Waals surface area (Å²) in [5, 5.41) is 3.72. The Balaban J connectivity index is 2.42. The molecule has 1 aromatic heterocycles. The molecule has 1 aromatic carbocycles. The minimum atomic E-state index is 0.312. The summed E-state index contributed by atoms with van der Waals surface area (Å²) in [5.74, 6) is 1.35. The second-order valence-electron chi connectivity index (χ2n) is 4.07. The summed E-state index contributed by atoms with van der Waals surface area (Å²) in [5.41, 5.74) is 7.87. The number of hydrogen-bond acceptors (Lipinski definition) is 6. The molecule has 0 aliphatic carbocycles. The van der Waals surface area contributed by atoms with Gasteiger partial charge < -0.3 is 20.5 Å². The summed E-state index contributed by atoms with van der Waals surface area (Å²) >= 11 is 6.07. The Kier molecular flexibility index (Phi) is 4.14. The molecule has 1 heterocycles. The quantitative estimate of drug-likeness (QED) is 0.902. The van der Waals surface area contributed by atoms with Crippen molar-refractivity contribution in [3.63, 3.8) is 0 Å². The van der Waals surface area contributed by atoms with Crippen LogP contribution >= 0.6 is 11.6 Å². The van der Waals surface area contributed by atoms with E-state index in [9.17, 15) is 0 Å². The maximum Gasteiger partial charge on any atom is 0.242 e. The second kappa shape index (κ2) is 5.83. The third-order valence-electron chi connectivity index (χ3n) is 2.77. The van der Waals surface area contributed by atoms with Crippen molar-refractivity contribution in [3.8, 4) is 11.6 Å². The summed E-state index contributed by atoms with van der Waals surface area (Å²) < 4.78 is 10.3. The van der Waals surface area contributed by atoms with Crippen molar-refractivity contribution < 1.29 is 9.47 Å². The number of anilines is 3. The summed E-state index contributed by atoms with van der Waals surface area (Å²) in [6.45, 7) is 1.90. The van der Waals surface area contributed by atoms with Crippen LogP contribution in [0.5, 0.6) is 11.6 Å². The number of nitrogens with one attached hydrogen (secondary N) is 1. The smallest absolute Gasteiger partial charge is 0.242 e. The van der Waals surface area contributed by atoms with Gasteiger partial charge in [0.05, 0.1) is 19.9 Å². The van der Waals surface area contributed by atoms with Crippen molar-refractivity contribution in [2.24, 2.45) is 0 Å². The number of nitrogen functional groups attached to an aromatic ring is 1. The molecule has 20 heavy (non-hydrogen) atoms. The van der Waals surface area contributed by atoms with Crippen LogP contribution in [0.15, 0.2) is 18.5 Å². The summed E-state index contributed by atoms with van der Waals surface area (Å²) in [7, 11) is 3.06. The van der Waals surface area contributed by atoms with Gasteiger partial charge in [-0.3, -0.25) is 0 Å². The molecule has 0 aliphatic heterocycles. The third kappa shape index (κ3) is 2.70. The van der Waals surface area contributed by atoms with Crippen molar-refractivity contribution in [2.75, 3.05) is 25.3 Å². The molecule has 0 aliphatic rings. The van der Waals surface area contributed by atoms with Crippen molar-refractivity contribution in [3.05, 3.63) is 29.0 Å². The van der Waals surface area contributed by atoms with Crippen LogP contribution in [0, 0.1) is 6.92 Å². The Bertz CT molecular complexity index is 634. The van der Waals surface area contributed by atoms with Crippen LogP contribution in [0.4, 0.5) is 17.2 Å². The van der Waals surface area contributed by atoms with Gasteiger partial charge in [-0.2, -0.15) is 4.98 Å². The van der Waals surface area contributed by atoms with Crippen LogP contribution in [0.2, 0.25) is 5.02 Å². The van der Waals surface area contributed by atoms with E-state index >= 15 is 0 Å². The van der Waals surface area contributed by atoms with Crippen LogP contribution in [0.25, 0.3) is 0 Å². The molecule has 0 bridgehead atoms. The number of benzene rings is 1. The lowest BCUT2D eigenvalue weighted by Gasteiger charge is -2.14. The Morgan fingerprint density at radius 1 is 1.20 bits per heavy atom. The Labute approximate surface area is 121 Å². The fourth-order valence-electron chi connectivity index (χ4n) is 1.70. The average Bonchev–Trinajstić information content (AvgIpc) is 2.44. The normalized spacial score (nSPS) is 10.2. The van der Waals surface area contributed by atoms with E-state index in [0.717, 1.165) is 5.56 Å². The molecule has 106 valence electrons. The highest BCUT2D eigenvalue weighted by atomic mass is 35.5. The fourth-order valence-corrected chi connectivity index (χ4v) is 1.85. The first-order valence-corrected chi connectivity index (χ1v) is 6.20. The molecule has 2 rings (SSSR count). The van der Waals surface area contributed by atoms with E-state index in [1.165, 1.54) is 13.4 Å². The number of ether oxygens (including phenoxy) is 2. The minimum absolute atomic E-state index is 0.312. The molecule has 6 nitrogen and oxygen atoms in total. The highest BCUT2D eigenvalue weighted by Gasteiger charge is 2.12. The van der Waals surface area contributed by atoms with Gasteiger partial charge in [0.1, 0.15) is 17.8 Å². The van der Waals surface area contributed by atoms with Crippen LogP contribution in [-0.2, 0) is 0 Å². The first-order valence-electron chi connectivity index (χ1n) is 5.82. The van der Waals surface area contributed by atoms with Gasteiger partial charge in [-0.1, -0.05) is 11.6 Å².